The lowest BCUT2D eigenvalue weighted by molar-refractivity contribution is 0.773. The number of pyridine rings is 1. The number of rotatable bonds is 2. The van der Waals surface area contributed by atoms with Crippen molar-refractivity contribution in [3.63, 3.8) is 0 Å². The van der Waals surface area contributed by atoms with Gasteiger partial charge in [0.25, 0.3) is 0 Å². The van der Waals surface area contributed by atoms with Gasteiger partial charge in [0.15, 0.2) is 0 Å². The second kappa shape index (κ2) is 3.85. The maximum atomic E-state index is 4.39. The highest BCUT2D eigenvalue weighted by Gasteiger charge is 2.10. The van der Waals surface area contributed by atoms with Gasteiger partial charge in [0.1, 0.15) is 0 Å². The summed E-state index contributed by atoms with van der Waals surface area (Å²) in [4.78, 5) is 4.39. The molecule has 2 aromatic rings. The lowest BCUT2D eigenvalue weighted by Crippen LogP contribution is -1.99. The van der Waals surface area contributed by atoms with Crippen LogP contribution in [0.3, 0.4) is 0 Å². The van der Waals surface area contributed by atoms with Crippen LogP contribution in [-0.2, 0) is 13.5 Å². The van der Waals surface area contributed by atoms with E-state index in [9.17, 15) is 0 Å². The molecule has 0 N–H and O–H groups in total. The van der Waals surface area contributed by atoms with Crippen LogP contribution < -0.4 is 0 Å². The van der Waals surface area contributed by atoms with E-state index in [1.165, 1.54) is 16.8 Å². The lowest BCUT2D eigenvalue weighted by atomic mass is 10.1. The van der Waals surface area contributed by atoms with Crippen LogP contribution in [-0.4, -0.2) is 14.8 Å². The van der Waals surface area contributed by atoms with E-state index in [2.05, 4.69) is 30.0 Å². The second-order valence-electron chi connectivity index (χ2n) is 3.65. The molecule has 3 nitrogen and oxygen atoms in total. The number of nitrogens with zero attached hydrogens (tertiary/aromatic N) is 3. The molecule has 0 bridgehead atoms. The molecule has 15 heavy (non-hydrogen) atoms. The first-order valence-electron chi connectivity index (χ1n) is 5.17. The van der Waals surface area contributed by atoms with E-state index in [4.69, 9.17) is 0 Å². The Morgan fingerprint density at radius 2 is 2.20 bits per heavy atom. The molecule has 0 radical (unpaired) electrons. The summed E-state index contributed by atoms with van der Waals surface area (Å²) in [5.74, 6) is 0. The molecule has 2 heterocycles. The fourth-order valence-corrected chi connectivity index (χ4v) is 1.87. The van der Waals surface area contributed by atoms with Crippen molar-refractivity contribution in [1.82, 2.24) is 14.8 Å². The maximum absolute atomic E-state index is 4.39. The SMILES string of the molecule is CCc1ncccc1-c1c(C)cnn1C. The Morgan fingerprint density at radius 3 is 2.80 bits per heavy atom. The summed E-state index contributed by atoms with van der Waals surface area (Å²) in [6.45, 7) is 4.20. The fourth-order valence-electron chi connectivity index (χ4n) is 1.87. The third-order valence-corrected chi connectivity index (χ3v) is 2.60. The first kappa shape index (κ1) is 9.90. The van der Waals surface area contributed by atoms with E-state index in [1.54, 1.807) is 0 Å². The maximum Gasteiger partial charge on any atom is 0.0726 e. The van der Waals surface area contributed by atoms with Gasteiger partial charge in [-0.2, -0.15) is 5.10 Å². The molecular weight excluding hydrogens is 186 g/mol. The van der Waals surface area contributed by atoms with Crippen molar-refractivity contribution in [1.29, 1.82) is 0 Å². The van der Waals surface area contributed by atoms with Gasteiger partial charge in [0.05, 0.1) is 11.9 Å². The summed E-state index contributed by atoms with van der Waals surface area (Å²) < 4.78 is 1.91. The Labute approximate surface area is 89.8 Å². The average Bonchev–Trinajstić information content (AvgIpc) is 2.59. The van der Waals surface area contributed by atoms with Gasteiger partial charge >= 0.3 is 0 Å². The minimum absolute atomic E-state index is 0.945. The van der Waals surface area contributed by atoms with E-state index < -0.39 is 0 Å². The van der Waals surface area contributed by atoms with Crippen molar-refractivity contribution in [2.24, 2.45) is 7.05 Å². The molecule has 0 spiro atoms. The lowest BCUT2D eigenvalue weighted by Gasteiger charge is -2.08. The smallest absolute Gasteiger partial charge is 0.0726 e. The first-order chi connectivity index (χ1) is 7.24. The van der Waals surface area contributed by atoms with Crippen LogP contribution in [0.5, 0.6) is 0 Å². The molecule has 2 aromatic heterocycles. The largest absolute Gasteiger partial charge is 0.268 e. The normalized spacial score (nSPS) is 10.6. The average molecular weight is 201 g/mol. The van der Waals surface area contributed by atoms with Crippen molar-refractivity contribution in [3.8, 4) is 11.3 Å². The van der Waals surface area contributed by atoms with Crippen LogP contribution in [0.25, 0.3) is 11.3 Å². The van der Waals surface area contributed by atoms with Gasteiger partial charge in [-0.25, -0.2) is 0 Å². The summed E-state index contributed by atoms with van der Waals surface area (Å²) in [6.07, 6.45) is 4.68. The molecule has 78 valence electrons. The molecule has 0 aliphatic rings. The highest BCUT2D eigenvalue weighted by atomic mass is 15.3. The van der Waals surface area contributed by atoms with Crippen molar-refractivity contribution < 1.29 is 0 Å². The number of hydrogen-bond donors (Lipinski definition) is 0. The first-order valence-corrected chi connectivity index (χ1v) is 5.17. The zero-order chi connectivity index (χ0) is 10.8. The molecular formula is C12H15N3. The Bertz CT molecular complexity index is 452. The molecule has 0 aliphatic carbocycles. The Morgan fingerprint density at radius 1 is 1.40 bits per heavy atom. The molecule has 0 saturated heterocycles. The Hall–Kier alpha value is -1.64. The van der Waals surface area contributed by atoms with Gasteiger partial charge in [0.2, 0.25) is 0 Å². The van der Waals surface area contributed by atoms with Crippen LogP contribution in [0.15, 0.2) is 24.5 Å². The Balaban J connectivity index is 2.63. The summed E-state index contributed by atoms with van der Waals surface area (Å²) >= 11 is 0. The van der Waals surface area contributed by atoms with E-state index in [0.717, 1.165) is 12.1 Å². The number of hydrogen-bond acceptors (Lipinski definition) is 2. The zero-order valence-electron chi connectivity index (χ0n) is 9.36. The minimum atomic E-state index is 0.945. The predicted octanol–water partition coefficient (Wildman–Crippen LogP) is 2.35. The summed E-state index contributed by atoms with van der Waals surface area (Å²) in [7, 11) is 1.97. The van der Waals surface area contributed by atoms with Gasteiger partial charge in [-0.1, -0.05) is 6.92 Å². The molecule has 0 aliphatic heterocycles. The van der Waals surface area contributed by atoms with Gasteiger partial charge in [-0.15, -0.1) is 0 Å². The highest BCUT2D eigenvalue weighted by Crippen LogP contribution is 2.24. The van der Waals surface area contributed by atoms with Crippen molar-refractivity contribution in [3.05, 3.63) is 35.8 Å². The number of aromatic nitrogens is 3. The third kappa shape index (κ3) is 1.65. The van der Waals surface area contributed by atoms with E-state index in [0.29, 0.717) is 0 Å². The second-order valence-corrected chi connectivity index (χ2v) is 3.65. The third-order valence-electron chi connectivity index (χ3n) is 2.60. The van der Waals surface area contributed by atoms with Crippen LogP contribution >= 0.6 is 0 Å². The highest BCUT2D eigenvalue weighted by molar-refractivity contribution is 5.65. The number of aryl methyl sites for hydroxylation is 3. The van der Waals surface area contributed by atoms with Crippen LogP contribution in [0.1, 0.15) is 18.2 Å². The topological polar surface area (TPSA) is 30.7 Å². The van der Waals surface area contributed by atoms with Crippen molar-refractivity contribution in [2.45, 2.75) is 20.3 Å². The molecule has 0 amide bonds. The van der Waals surface area contributed by atoms with E-state index in [1.807, 2.05) is 30.2 Å². The molecule has 0 fully saturated rings. The fraction of sp³-hybridized carbons (Fsp3) is 0.333. The molecule has 0 saturated carbocycles. The molecule has 3 heteroatoms. The van der Waals surface area contributed by atoms with Gasteiger partial charge in [0, 0.05) is 24.5 Å². The van der Waals surface area contributed by atoms with Gasteiger partial charge in [-0.05, 0) is 31.0 Å². The van der Waals surface area contributed by atoms with E-state index >= 15 is 0 Å². The van der Waals surface area contributed by atoms with Gasteiger partial charge in [-0.3, -0.25) is 9.67 Å². The quantitative estimate of drug-likeness (QED) is 0.746. The van der Waals surface area contributed by atoms with Crippen LogP contribution in [0, 0.1) is 6.92 Å². The predicted molar refractivity (Wildman–Crippen MR) is 60.6 cm³/mol. The molecule has 0 aromatic carbocycles. The molecule has 0 unspecified atom stereocenters. The van der Waals surface area contributed by atoms with Crippen LogP contribution in [0.4, 0.5) is 0 Å². The van der Waals surface area contributed by atoms with Crippen molar-refractivity contribution in [2.75, 3.05) is 0 Å². The summed E-state index contributed by atoms with van der Waals surface area (Å²) in [6, 6.07) is 4.08. The van der Waals surface area contributed by atoms with E-state index in [-0.39, 0.29) is 0 Å². The Kier molecular flexibility index (Phi) is 2.54. The van der Waals surface area contributed by atoms with Crippen LogP contribution in [0.2, 0.25) is 0 Å². The molecule has 2 rings (SSSR count). The monoisotopic (exact) mass is 201 g/mol. The standard InChI is InChI=1S/C12H15N3/c1-4-11-10(6-5-7-13-11)12-9(2)8-14-15(12)3/h5-8H,4H2,1-3H3. The minimum Gasteiger partial charge on any atom is -0.268 e. The molecule has 0 atom stereocenters. The van der Waals surface area contributed by atoms with Crippen molar-refractivity contribution >= 4 is 0 Å². The zero-order valence-corrected chi connectivity index (χ0v) is 9.36. The van der Waals surface area contributed by atoms with Gasteiger partial charge < -0.3 is 0 Å². The summed E-state index contributed by atoms with van der Waals surface area (Å²) in [5.41, 5.74) is 4.68. The summed E-state index contributed by atoms with van der Waals surface area (Å²) in [5, 5.41) is 4.26.